The van der Waals surface area contributed by atoms with E-state index in [1.54, 1.807) is 30.3 Å². The van der Waals surface area contributed by atoms with Gasteiger partial charge in [-0.05, 0) is 94.5 Å². The van der Waals surface area contributed by atoms with Gasteiger partial charge in [-0.15, -0.1) is 0 Å². The maximum absolute atomic E-state index is 12.4. The van der Waals surface area contributed by atoms with Crippen molar-refractivity contribution in [3.05, 3.63) is 95.6 Å². The quantitative estimate of drug-likeness (QED) is 0.201. The molecule has 1 saturated heterocycles. The Balaban J connectivity index is 0.000000246. The highest BCUT2D eigenvalue weighted by molar-refractivity contribution is 7.89. The van der Waals surface area contributed by atoms with Gasteiger partial charge in [0.25, 0.3) is 0 Å². The van der Waals surface area contributed by atoms with Crippen LogP contribution in [0.5, 0.6) is 11.5 Å². The second kappa shape index (κ2) is 20.1. The Morgan fingerprint density at radius 1 is 0.782 bits per heavy atom. The van der Waals surface area contributed by atoms with Crippen LogP contribution in [0, 0.1) is 5.92 Å². The first-order chi connectivity index (χ1) is 26.2. The first kappa shape index (κ1) is 42.7. The molecular weight excluding hydrogens is 733 g/mol. The smallest absolute Gasteiger partial charge is 0.349 e. The van der Waals surface area contributed by atoms with E-state index >= 15 is 0 Å². The Hall–Kier alpha value is -4.99. The van der Waals surface area contributed by atoms with Crippen LogP contribution in [0.3, 0.4) is 0 Å². The number of sulfonamides is 1. The molecule has 298 valence electrons. The summed E-state index contributed by atoms with van der Waals surface area (Å²) in [6.07, 6.45) is -1.58. The molecule has 0 bridgehead atoms. The summed E-state index contributed by atoms with van der Waals surface area (Å²) in [4.78, 5) is 49.4. The number of carboxylic acids is 2. The maximum Gasteiger partial charge on any atom is 0.349 e. The standard InChI is InChI=1S/C22H36N2O4S.C18H14O8/c1-5-23(16-19-8-10-24(11-9-19)29(25,26)17(2)3)18(4)14-20-6-7-21-22(15-20)28-13-12-27-21;19-15(20)13(25-17(23)11-7-3-1-4-8-11)14(16(21)22)26-18(24)12-9-5-2-6-10-12/h6-7,15,17-19H,5,8-14,16H2,1-4H3;1-10,13-14H,(H,19,20)(H,21,22)/t;13-,14-/m.1/s1. The lowest BCUT2D eigenvalue weighted by molar-refractivity contribution is -0.166. The van der Waals surface area contributed by atoms with Gasteiger partial charge in [0.05, 0.1) is 16.4 Å². The van der Waals surface area contributed by atoms with Crippen molar-refractivity contribution >= 4 is 33.9 Å². The maximum atomic E-state index is 12.4. The number of carbonyl (C=O) groups excluding carboxylic acids is 2. The van der Waals surface area contributed by atoms with Gasteiger partial charge < -0.3 is 34.1 Å². The van der Waals surface area contributed by atoms with Crippen LogP contribution >= 0.6 is 0 Å². The van der Waals surface area contributed by atoms with Crippen LogP contribution in [0.4, 0.5) is 0 Å². The number of carboxylic acid groups (broad SMARTS) is 2. The molecular formula is C40H50N2O12S. The monoisotopic (exact) mass is 782 g/mol. The Labute approximate surface area is 322 Å². The van der Waals surface area contributed by atoms with Crippen molar-refractivity contribution in [3.8, 4) is 11.5 Å². The van der Waals surface area contributed by atoms with E-state index in [0.717, 1.165) is 43.9 Å². The Morgan fingerprint density at radius 2 is 1.27 bits per heavy atom. The van der Waals surface area contributed by atoms with E-state index in [0.29, 0.717) is 38.3 Å². The van der Waals surface area contributed by atoms with Crippen molar-refractivity contribution in [2.45, 2.75) is 70.5 Å². The van der Waals surface area contributed by atoms with E-state index in [4.69, 9.17) is 18.9 Å². The second-order valence-electron chi connectivity index (χ2n) is 13.6. The summed E-state index contributed by atoms with van der Waals surface area (Å²) < 4.78 is 47.3. The molecule has 1 fully saturated rings. The number of likely N-dealkylation sites (N-methyl/N-ethyl adjacent to an activating group) is 1. The van der Waals surface area contributed by atoms with Crippen LogP contribution in [-0.4, -0.2) is 115 Å². The first-order valence-electron chi connectivity index (χ1n) is 18.3. The largest absolute Gasteiger partial charge is 0.486 e. The molecule has 3 atom stereocenters. The van der Waals surface area contributed by atoms with Crippen LogP contribution in [0.2, 0.25) is 0 Å². The number of fused-ring (bicyclic) bond motifs is 1. The van der Waals surface area contributed by atoms with Gasteiger partial charge in [0, 0.05) is 25.7 Å². The van der Waals surface area contributed by atoms with Crippen molar-refractivity contribution in [2.24, 2.45) is 5.92 Å². The summed E-state index contributed by atoms with van der Waals surface area (Å²) in [6, 6.07) is 21.5. The van der Waals surface area contributed by atoms with Gasteiger partial charge >= 0.3 is 23.9 Å². The molecule has 3 aromatic carbocycles. The molecule has 2 aliphatic rings. The molecule has 2 aliphatic heterocycles. The van der Waals surface area contributed by atoms with E-state index < -0.39 is 46.1 Å². The number of ether oxygens (including phenoxy) is 4. The molecule has 14 nitrogen and oxygen atoms in total. The topological polar surface area (TPSA) is 186 Å². The minimum Gasteiger partial charge on any atom is -0.486 e. The highest BCUT2D eigenvalue weighted by Crippen LogP contribution is 2.31. The number of piperidine rings is 1. The van der Waals surface area contributed by atoms with Crippen molar-refractivity contribution in [1.29, 1.82) is 0 Å². The highest BCUT2D eigenvalue weighted by Gasteiger charge is 2.41. The van der Waals surface area contributed by atoms with Crippen molar-refractivity contribution in [3.63, 3.8) is 0 Å². The van der Waals surface area contributed by atoms with Gasteiger partial charge in [-0.2, -0.15) is 0 Å². The molecule has 5 rings (SSSR count). The van der Waals surface area contributed by atoms with Crippen LogP contribution in [0.25, 0.3) is 0 Å². The van der Waals surface area contributed by atoms with E-state index in [1.165, 1.54) is 54.1 Å². The molecule has 0 aromatic heterocycles. The number of hydrogen-bond acceptors (Lipinski definition) is 11. The van der Waals surface area contributed by atoms with Gasteiger partial charge in [-0.3, -0.25) is 0 Å². The molecule has 3 aromatic rings. The van der Waals surface area contributed by atoms with Gasteiger partial charge in [0.1, 0.15) is 13.2 Å². The molecule has 0 aliphatic carbocycles. The summed E-state index contributed by atoms with van der Waals surface area (Å²) in [5.41, 5.74) is 1.31. The third-order valence-electron chi connectivity index (χ3n) is 9.44. The van der Waals surface area contributed by atoms with Gasteiger partial charge in [-0.25, -0.2) is 31.9 Å². The highest BCUT2D eigenvalue weighted by atomic mass is 32.2. The van der Waals surface area contributed by atoms with Crippen LogP contribution < -0.4 is 9.47 Å². The number of aliphatic carboxylic acids is 2. The van der Waals surface area contributed by atoms with E-state index in [1.807, 2.05) is 6.07 Å². The molecule has 2 N–H and O–H groups in total. The van der Waals surface area contributed by atoms with Crippen molar-refractivity contribution in [1.82, 2.24) is 9.21 Å². The van der Waals surface area contributed by atoms with E-state index in [2.05, 4.69) is 30.9 Å². The van der Waals surface area contributed by atoms with Crippen LogP contribution in [0.15, 0.2) is 78.9 Å². The fourth-order valence-electron chi connectivity index (χ4n) is 6.28. The molecule has 2 heterocycles. The molecule has 15 heteroatoms. The minimum absolute atomic E-state index is 0.0253. The lowest BCUT2D eigenvalue weighted by Crippen LogP contribution is -2.45. The first-order valence-corrected chi connectivity index (χ1v) is 19.8. The molecule has 0 radical (unpaired) electrons. The number of rotatable bonds is 15. The number of nitrogens with zero attached hydrogens (tertiary/aromatic N) is 2. The average Bonchev–Trinajstić information content (AvgIpc) is 3.18. The summed E-state index contributed by atoms with van der Waals surface area (Å²) in [6.45, 7) is 12.6. The number of esters is 2. The van der Waals surface area contributed by atoms with Gasteiger partial charge in [0.15, 0.2) is 11.5 Å². The predicted octanol–water partition coefficient (Wildman–Crippen LogP) is 4.77. The van der Waals surface area contributed by atoms with Crippen LogP contribution in [0.1, 0.15) is 66.8 Å². The zero-order chi connectivity index (χ0) is 40.1. The van der Waals surface area contributed by atoms with Crippen molar-refractivity contribution in [2.75, 3.05) is 39.4 Å². The zero-order valence-electron chi connectivity index (χ0n) is 31.5. The molecule has 0 amide bonds. The summed E-state index contributed by atoms with van der Waals surface area (Å²) >= 11 is 0. The third-order valence-corrected chi connectivity index (χ3v) is 11.7. The zero-order valence-corrected chi connectivity index (χ0v) is 32.4. The van der Waals surface area contributed by atoms with Gasteiger partial charge in [-0.1, -0.05) is 49.4 Å². The fourth-order valence-corrected chi connectivity index (χ4v) is 7.60. The number of carbonyl (C=O) groups is 4. The average molecular weight is 783 g/mol. The fraction of sp³-hybridized carbons (Fsp3) is 0.450. The summed E-state index contributed by atoms with van der Waals surface area (Å²) in [5, 5.41) is 18.1. The van der Waals surface area contributed by atoms with Crippen LogP contribution in [-0.2, 0) is 35.5 Å². The third kappa shape index (κ3) is 12.0. The SMILES string of the molecule is CCN(CC1CCN(S(=O)(=O)C(C)C)CC1)C(C)Cc1ccc2c(c1)OCCO2.O=C(O[C@@H](C(=O)O)[C@@H](OC(=O)c1ccccc1)C(=O)O)c1ccccc1. The summed E-state index contributed by atoms with van der Waals surface area (Å²) in [5.74, 6) is -3.40. The second-order valence-corrected chi connectivity index (χ2v) is 16.1. The minimum atomic E-state index is -3.12. The summed E-state index contributed by atoms with van der Waals surface area (Å²) in [7, 11) is -3.12. The number of benzene rings is 3. The molecule has 1 unspecified atom stereocenters. The van der Waals surface area contributed by atoms with Crippen molar-refractivity contribution < 1.29 is 56.8 Å². The Morgan fingerprint density at radius 3 is 1.73 bits per heavy atom. The molecule has 0 saturated carbocycles. The predicted molar refractivity (Wildman–Crippen MR) is 203 cm³/mol. The van der Waals surface area contributed by atoms with E-state index in [-0.39, 0.29) is 16.4 Å². The van der Waals surface area contributed by atoms with Gasteiger partial charge in [0.2, 0.25) is 22.2 Å². The van der Waals surface area contributed by atoms with E-state index in [9.17, 15) is 37.8 Å². The normalized spacial score (nSPS) is 16.3. The molecule has 0 spiro atoms. The lowest BCUT2D eigenvalue weighted by Gasteiger charge is -2.36. The Bertz CT molecular complexity index is 1780. The Kier molecular flexibility index (Phi) is 15.6. The molecule has 55 heavy (non-hydrogen) atoms. The lowest BCUT2D eigenvalue weighted by atomic mass is 9.96. The number of hydrogen-bond donors (Lipinski definition) is 2.